The van der Waals surface area contributed by atoms with E-state index < -0.39 is 0 Å². The lowest BCUT2D eigenvalue weighted by atomic mass is 9.90. The van der Waals surface area contributed by atoms with Crippen LogP contribution in [0.5, 0.6) is 0 Å². The minimum absolute atomic E-state index is 0.577. The summed E-state index contributed by atoms with van der Waals surface area (Å²) in [5, 5.41) is 4.11. The van der Waals surface area contributed by atoms with Gasteiger partial charge in [-0.05, 0) is 36.3 Å². The van der Waals surface area contributed by atoms with Gasteiger partial charge in [-0.1, -0.05) is 55.6 Å². The van der Waals surface area contributed by atoms with Crippen molar-refractivity contribution >= 4 is 6.21 Å². The Kier molecular flexibility index (Phi) is 5.25. The van der Waals surface area contributed by atoms with E-state index in [4.69, 9.17) is 4.84 Å². The van der Waals surface area contributed by atoms with Crippen LogP contribution in [0.4, 0.5) is 0 Å². The molecule has 2 rings (SSSR count). The van der Waals surface area contributed by atoms with Gasteiger partial charge >= 0.3 is 0 Å². The molecule has 0 bridgehead atoms. The molecule has 2 nitrogen and oxygen atoms in total. The SMILES string of the molecule is CCc1ccc(CON=CC2CCCCC2)cc1. The molecule has 1 saturated carbocycles. The van der Waals surface area contributed by atoms with Crippen LogP contribution in [-0.4, -0.2) is 6.21 Å². The predicted octanol–water partition coefficient (Wildman–Crippen LogP) is 4.33. The van der Waals surface area contributed by atoms with Gasteiger partial charge in [0.2, 0.25) is 0 Å². The van der Waals surface area contributed by atoms with Gasteiger partial charge in [0, 0.05) is 6.21 Å². The fourth-order valence-electron chi connectivity index (χ4n) is 2.40. The molecule has 0 aliphatic heterocycles. The van der Waals surface area contributed by atoms with Crippen LogP contribution in [0, 0.1) is 5.92 Å². The first-order valence-electron chi connectivity index (χ1n) is 7.11. The van der Waals surface area contributed by atoms with Crippen molar-refractivity contribution in [3.63, 3.8) is 0 Å². The molecule has 2 heteroatoms. The van der Waals surface area contributed by atoms with E-state index in [0.29, 0.717) is 12.5 Å². The van der Waals surface area contributed by atoms with Crippen molar-refractivity contribution in [1.82, 2.24) is 0 Å². The molecule has 0 atom stereocenters. The number of benzene rings is 1. The van der Waals surface area contributed by atoms with Crippen LogP contribution in [0.15, 0.2) is 29.4 Å². The summed E-state index contributed by atoms with van der Waals surface area (Å²) >= 11 is 0. The molecule has 98 valence electrons. The zero-order chi connectivity index (χ0) is 12.6. The molecular weight excluding hydrogens is 222 g/mol. The molecule has 0 N–H and O–H groups in total. The van der Waals surface area contributed by atoms with Crippen LogP contribution in [0.25, 0.3) is 0 Å². The summed E-state index contributed by atoms with van der Waals surface area (Å²) < 4.78 is 0. The Morgan fingerprint density at radius 1 is 1.11 bits per heavy atom. The van der Waals surface area contributed by atoms with E-state index in [9.17, 15) is 0 Å². The molecule has 1 aliphatic carbocycles. The molecular formula is C16H23NO. The predicted molar refractivity (Wildman–Crippen MR) is 75.7 cm³/mol. The standard InChI is InChI=1S/C16H23NO/c1-2-14-8-10-16(11-9-14)13-18-17-12-15-6-4-3-5-7-15/h8-12,15H,2-7,13H2,1H3. The molecule has 0 amide bonds. The number of aryl methyl sites for hydroxylation is 1. The lowest BCUT2D eigenvalue weighted by Gasteiger charge is -2.16. The first-order valence-corrected chi connectivity index (χ1v) is 7.11. The Morgan fingerprint density at radius 2 is 1.78 bits per heavy atom. The van der Waals surface area contributed by atoms with Crippen LogP contribution in [0.1, 0.15) is 50.2 Å². The van der Waals surface area contributed by atoms with E-state index in [2.05, 4.69) is 36.3 Å². The molecule has 0 heterocycles. The second-order valence-electron chi connectivity index (χ2n) is 5.10. The molecule has 18 heavy (non-hydrogen) atoms. The van der Waals surface area contributed by atoms with E-state index in [1.54, 1.807) is 0 Å². The number of hydrogen-bond donors (Lipinski definition) is 0. The monoisotopic (exact) mass is 245 g/mol. The highest BCUT2D eigenvalue weighted by Gasteiger charge is 2.10. The summed E-state index contributed by atoms with van der Waals surface area (Å²) in [4.78, 5) is 5.37. The number of rotatable bonds is 5. The molecule has 0 spiro atoms. The van der Waals surface area contributed by atoms with E-state index >= 15 is 0 Å². The third-order valence-electron chi connectivity index (χ3n) is 3.66. The lowest BCUT2D eigenvalue weighted by molar-refractivity contribution is 0.130. The first-order chi connectivity index (χ1) is 8.88. The number of hydrogen-bond acceptors (Lipinski definition) is 2. The van der Waals surface area contributed by atoms with Gasteiger partial charge in [-0.15, -0.1) is 0 Å². The Balaban J connectivity index is 1.71. The van der Waals surface area contributed by atoms with Crippen molar-refractivity contribution in [1.29, 1.82) is 0 Å². The molecule has 1 fully saturated rings. The quantitative estimate of drug-likeness (QED) is 0.559. The van der Waals surface area contributed by atoms with Gasteiger partial charge in [0.05, 0.1) is 0 Å². The summed E-state index contributed by atoms with van der Waals surface area (Å²) in [5.74, 6) is 0.640. The number of oxime groups is 1. The van der Waals surface area contributed by atoms with Crippen LogP contribution < -0.4 is 0 Å². The molecule has 1 aromatic carbocycles. The van der Waals surface area contributed by atoms with Gasteiger partial charge in [-0.3, -0.25) is 0 Å². The first kappa shape index (κ1) is 13.1. The maximum atomic E-state index is 5.37. The van der Waals surface area contributed by atoms with E-state index in [1.165, 1.54) is 43.2 Å². The maximum Gasteiger partial charge on any atom is 0.142 e. The van der Waals surface area contributed by atoms with Gasteiger partial charge in [0.25, 0.3) is 0 Å². The van der Waals surface area contributed by atoms with Crippen molar-refractivity contribution in [3.8, 4) is 0 Å². The fraction of sp³-hybridized carbons (Fsp3) is 0.562. The summed E-state index contributed by atoms with van der Waals surface area (Å²) in [6.45, 7) is 2.74. The van der Waals surface area contributed by atoms with Crippen molar-refractivity contribution < 1.29 is 4.84 Å². The van der Waals surface area contributed by atoms with Crippen LogP contribution in [0.2, 0.25) is 0 Å². The molecule has 0 aromatic heterocycles. The lowest BCUT2D eigenvalue weighted by Crippen LogP contribution is -2.07. The van der Waals surface area contributed by atoms with E-state index in [1.807, 2.05) is 6.21 Å². The van der Waals surface area contributed by atoms with E-state index in [-0.39, 0.29) is 0 Å². The highest BCUT2D eigenvalue weighted by molar-refractivity contribution is 5.59. The fourth-order valence-corrected chi connectivity index (χ4v) is 2.40. The van der Waals surface area contributed by atoms with Crippen molar-refractivity contribution in [2.24, 2.45) is 11.1 Å². The van der Waals surface area contributed by atoms with Gasteiger partial charge in [0.1, 0.15) is 6.61 Å². The van der Waals surface area contributed by atoms with E-state index in [0.717, 1.165) is 6.42 Å². The topological polar surface area (TPSA) is 21.6 Å². The second kappa shape index (κ2) is 7.20. The van der Waals surface area contributed by atoms with Gasteiger partial charge < -0.3 is 4.84 Å². The van der Waals surface area contributed by atoms with Crippen molar-refractivity contribution in [3.05, 3.63) is 35.4 Å². The van der Waals surface area contributed by atoms with Gasteiger partial charge in [-0.25, -0.2) is 0 Å². The van der Waals surface area contributed by atoms with Gasteiger partial charge in [0.15, 0.2) is 0 Å². The van der Waals surface area contributed by atoms with Crippen molar-refractivity contribution in [2.75, 3.05) is 0 Å². The molecule has 1 aromatic rings. The van der Waals surface area contributed by atoms with Crippen molar-refractivity contribution in [2.45, 2.75) is 52.1 Å². The minimum atomic E-state index is 0.577. The Bertz CT molecular complexity index is 363. The summed E-state index contributed by atoms with van der Waals surface area (Å²) in [6.07, 6.45) is 9.70. The third-order valence-corrected chi connectivity index (χ3v) is 3.66. The van der Waals surface area contributed by atoms with Crippen LogP contribution in [-0.2, 0) is 17.9 Å². The average molecular weight is 245 g/mol. The minimum Gasteiger partial charge on any atom is -0.391 e. The highest BCUT2D eigenvalue weighted by atomic mass is 16.6. The molecule has 0 radical (unpaired) electrons. The van der Waals surface area contributed by atoms with Crippen LogP contribution >= 0.6 is 0 Å². The second-order valence-corrected chi connectivity index (χ2v) is 5.10. The summed E-state index contributed by atoms with van der Waals surface area (Å²) in [7, 11) is 0. The highest BCUT2D eigenvalue weighted by Crippen LogP contribution is 2.21. The Labute approximate surface area is 110 Å². The maximum absolute atomic E-state index is 5.37. The molecule has 0 unspecified atom stereocenters. The largest absolute Gasteiger partial charge is 0.391 e. The molecule has 0 saturated heterocycles. The molecule has 1 aliphatic rings. The average Bonchev–Trinajstić information content (AvgIpc) is 2.45. The number of nitrogens with zero attached hydrogens (tertiary/aromatic N) is 1. The normalized spacial score (nSPS) is 17.2. The Morgan fingerprint density at radius 3 is 2.44 bits per heavy atom. The zero-order valence-corrected chi connectivity index (χ0v) is 11.3. The van der Waals surface area contributed by atoms with Gasteiger partial charge in [-0.2, -0.15) is 0 Å². The smallest absolute Gasteiger partial charge is 0.142 e. The summed E-state index contributed by atoms with van der Waals surface area (Å²) in [5.41, 5.74) is 2.55. The third kappa shape index (κ3) is 4.17. The zero-order valence-electron chi connectivity index (χ0n) is 11.3. The Hall–Kier alpha value is -1.31. The summed E-state index contributed by atoms with van der Waals surface area (Å²) in [6, 6.07) is 8.55. The van der Waals surface area contributed by atoms with Crippen LogP contribution in [0.3, 0.4) is 0 Å².